The number of hydrogen-bond acceptors (Lipinski definition) is 4. The van der Waals surface area contributed by atoms with E-state index in [4.69, 9.17) is 5.11 Å². The topological polar surface area (TPSA) is 116 Å². The molecule has 1 aromatic rings. The predicted molar refractivity (Wildman–Crippen MR) is 93.0 cm³/mol. The van der Waals surface area contributed by atoms with Crippen molar-refractivity contribution in [3.8, 4) is 0 Å². The fourth-order valence-electron chi connectivity index (χ4n) is 2.56. The van der Waals surface area contributed by atoms with Crippen molar-refractivity contribution >= 4 is 23.7 Å². The van der Waals surface area contributed by atoms with Gasteiger partial charge in [0.05, 0.1) is 5.56 Å². The van der Waals surface area contributed by atoms with Crippen LogP contribution in [0.1, 0.15) is 10.4 Å². The zero-order valence-electron chi connectivity index (χ0n) is 14.6. The molecule has 138 valence electrons. The Kier molecular flexibility index (Phi) is 6.75. The molecule has 9 heteroatoms. The van der Waals surface area contributed by atoms with E-state index >= 15 is 0 Å². The van der Waals surface area contributed by atoms with E-state index in [9.17, 15) is 14.4 Å². The number of urea groups is 2. The van der Waals surface area contributed by atoms with Crippen LogP contribution in [0.5, 0.6) is 0 Å². The number of imide groups is 1. The van der Waals surface area contributed by atoms with Crippen LogP contribution in [0.3, 0.4) is 0 Å². The Labute approximate surface area is 146 Å². The molecule has 1 fully saturated rings. The van der Waals surface area contributed by atoms with Gasteiger partial charge in [0.1, 0.15) is 0 Å². The molecule has 1 aliphatic heterocycles. The average Bonchev–Trinajstić information content (AvgIpc) is 2.60. The summed E-state index contributed by atoms with van der Waals surface area (Å²) in [7, 11) is 4.68. The number of carboxylic acid groups (broad SMARTS) is 1. The van der Waals surface area contributed by atoms with Gasteiger partial charge in [0.2, 0.25) is 0 Å². The third kappa shape index (κ3) is 4.60. The van der Waals surface area contributed by atoms with Gasteiger partial charge in [-0.2, -0.15) is 0 Å². The van der Waals surface area contributed by atoms with E-state index < -0.39 is 5.97 Å². The summed E-state index contributed by atoms with van der Waals surface area (Å²) >= 11 is 0. The van der Waals surface area contributed by atoms with Crippen molar-refractivity contribution in [2.24, 2.45) is 0 Å². The van der Waals surface area contributed by atoms with Crippen molar-refractivity contribution in [1.82, 2.24) is 14.7 Å². The minimum Gasteiger partial charge on any atom is -0.478 e. The zero-order valence-corrected chi connectivity index (χ0v) is 14.6. The highest BCUT2D eigenvalue weighted by Gasteiger charge is 2.27. The summed E-state index contributed by atoms with van der Waals surface area (Å²) in [6.45, 7) is 2.26. The molecular formula is C16H24N4O5. The molecule has 0 radical (unpaired) electrons. The molecule has 4 amide bonds. The van der Waals surface area contributed by atoms with Gasteiger partial charge < -0.3 is 25.3 Å². The molecule has 1 aliphatic rings. The predicted octanol–water partition coefficient (Wildman–Crippen LogP) is 0.416. The highest BCUT2D eigenvalue weighted by Crippen LogP contribution is 2.18. The lowest BCUT2D eigenvalue weighted by atomic mass is 10.2. The number of carbonyl (C=O) groups excluding carboxylic acids is 2. The number of hydrogen-bond donors (Lipinski definition) is 1. The number of nitrogens with zero attached hydrogens (tertiary/aromatic N) is 4. The fourth-order valence-corrected chi connectivity index (χ4v) is 2.56. The quantitative estimate of drug-likeness (QED) is 0.828. The molecule has 25 heavy (non-hydrogen) atoms. The molecule has 1 aromatic carbocycles. The molecule has 0 aliphatic carbocycles. The molecule has 0 atom stereocenters. The van der Waals surface area contributed by atoms with Gasteiger partial charge in [-0.25, -0.2) is 19.3 Å². The third-order valence-electron chi connectivity index (χ3n) is 3.99. The van der Waals surface area contributed by atoms with Crippen LogP contribution in [0.15, 0.2) is 24.3 Å². The monoisotopic (exact) mass is 352 g/mol. The van der Waals surface area contributed by atoms with Crippen molar-refractivity contribution in [2.45, 2.75) is 0 Å². The lowest BCUT2D eigenvalue weighted by molar-refractivity contribution is 0.0696. The van der Waals surface area contributed by atoms with E-state index in [1.54, 1.807) is 43.3 Å². The molecule has 2 rings (SSSR count). The van der Waals surface area contributed by atoms with Gasteiger partial charge in [-0.3, -0.25) is 0 Å². The summed E-state index contributed by atoms with van der Waals surface area (Å²) < 4.78 is 0. The molecule has 0 unspecified atom stereocenters. The Balaban J connectivity index is 0.00000312. The van der Waals surface area contributed by atoms with Crippen molar-refractivity contribution < 1.29 is 25.0 Å². The highest BCUT2D eigenvalue weighted by atomic mass is 16.4. The largest absolute Gasteiger partial charge is 0.478 e. The van der Waals surface area contributed by atoms with Gasteiger partial charge in [0.15, 0.2) is 0 Å². The zero-order chi connectivity index (χ0) is 17.9. The van der Waals surface area contributed by atoms with Gasteiger partial charge in [0.25, 0.3) is 0 Å². The number of anilines is 1. The summed E-state index contributed by atoms with van der Waals surface area (Å²) in [4.78, 5) is 41.2. The second-order valence-electron chi connectivity index (χ2n) is 5.84. The molecule has 0 aromatic heterocycles. The lowest BCUT2D eigenvalue weighted by Crippen LogP contribution is -2.54. The van der Waals surface area contributed by atoms with E-state index in [-0.39, 0.29) is 23.1 Å². The SMILES string of the molecule is CN(C)C(=O)N(C)C(=O)N1CCN(c2ccc(C(=O)O)cc2)CC1.O. The number of carbonyl (C=O) groups is 3. The van der Waals surface area contributed by atoms with E-state index in [1.165, 1.54) is 11.9 Å². The number of amides is 4. The van der Waals surface area contributed by atoms with Gasteiger partial charge in [0, 0.05) is 53.0 Å². The molecule has 3 N–H and O–H groups in total. The van der Waals surface area contributed by atoms with Gasteiger partial charge in [-0.05, 0) is 24.3 Å². The number of piperazine rings is 1. The maximum Gasteiger partial charge on any atom is 0.335 e. The smallest absolute Gasteiger partial charge is 0.335 e. The Morgan fingerprint density at radius 3 is 1.92 bits per heavy atom. The fraction of sp³-hybridized carbons (Fsp3) is 0.438. The molecule has 9 nitrogen and oxygen atoms in total. The van der Waals surface area contributed by atoms with Crippen LogP contribution in [0.4, 0.5) is 15.3 Å². The third-order valence-corrected chi connectivity index (χ3v) is 3.99. The van der Waals surface area contributed by atoms with E-state index in [0.717, 1.165) is 10.6 Å². The maximum atomic E-state index is 12.3. The van der Waals surface area contributed by atoms with Crippen LogP contribution in [0.2, 0.25) is 0 Å². The molecule has 0 bridgehead atoms. The number of rotatable bonds is 2. The summed E-state index contributed by atoms with van der Waals surface area (Å²) in [5.41, 5.74) is 1.17. The second-order valence-corrected chi connectivity index (χ2v) is 5.84. The maximum absolute atomic E-state index is 12.3. The van der Waals surface area contributed by atoms with Crippen LogP contribution in [-0.2, 0) is 0 Å². The van der Waals surface area contributed by atoms with Crippen LogP contribution >= 0.6 is 0 Å². The van der Waals surface area contributed by atoms with Gasteiger partial charge in [-0.15, -0.1) is 0 Å². The first kappa shape index (κ1) is 20.2. The van der Waals surface area contributed by atoms with Crippen LogP contribution in [0.25, 0.3) is 0 Å². The molecule has 0 saturated carbocycles. The summed E-state index contributed by atoms with van der Waals surface area (Å²) in [5, 5.41) is 8.92. The average molecular weight is 352 g/mol. The second kappa shape index (κ2) is 8.34. The summed E-state index contributed by atoms with van der Waals surface area (Å²) in [6, 6.07) is 6.00. The Morgan fingerprint density at radius 1 is 0.960 bits per heavy atom. The lowest BCUT2D eigenvalue weighted by Gasteiger charge is -2.37. The first-order chi connectivity index (χ1) is 11.3. The van der Waals surface area contributed by atoms with Crippen LogP contribution < -0.4 is 4.90 Å². The van der Waals surface area contributed by atoms with Crippen molar-refractivity contribution in [1.29, 1.82) is 0 Å². The Bertz CT molecular complexity index is 624. The Hall–Kier alpha value is -2.81. The Morgan fingerprint density at radius 2 is 1.48 bits per heavy atom. The summed E-state index contributed by atoms with van der Waals surface area (Å²) in [5.74, 6) is -0.953. The molecule has 1 saturated heterocycles. The number of carboxylic acids is 1. The van der Waals surface area contributed by atoms with Crippen molar-refractivity contribution in [3.63, 3.8) is 0 Å². The summed E-state index contributed by atoms with van der Waals surface area (Å²) in [6.07, 6.45) is 0. The molecule has 0 spiro atoms. The highest BCUT2D eigenvalue weighted by molar-refractivity contribution is 5.93. The molecule has 1 heterocycles. The minimum atomic E-state index is -0.953. The number of benzene rings is 1. The van der Waals surface area contributed by atoms with Crippen LogP contribution in [-0.4, -0.2) is 90.6 Å². The van der Waals surface area contributed by atoms with Gasteiger partial charge >= 0.3 is 18.0 Å². The van der Waals surface area contributed by atoms with Crippen molar-refractivity contribution in [3.05, 3.63) is 29.8 Å². The van der Waals surface area contributed by atoms with Gasteiger partial charge in [-0.1, -0.05) is 0 Å². The molecular weight excluding hydrogens is 328 g/mol. The normalized spacial score (nSPS) is 13.7. The van der Waals surface area contributed by atoms with Crippen LogP contribution in [0, 0.1) is 0 Å². The minimum absolute atomic E-state index is 0. The first-order valence-corrected chi connectivity index (χ1v) is 7.63. The first-order valence-electron chi connectivity index (χ1n) is 7.63. The van der Waals surface area contributed by atoms with E-state index in [1.807, 2.05) is 0 Å². The van der Waals surface area contributed by atoms with E-state index in [2.05, 4.69) is 4.90 Å². The van der Waals surface area contributed by atoms with E-state index in [0.29, 0.717) is 26.2 Å². The standard InChI is InChI=1S/C16H22N4O4.H2O/c1-17(2)15(23)18(3)16(24)20-10-8-19(9-11-20)13-6-4-12(5-7-13)14(21)22;/h4-7H,8-11H2,1-3H3,(H,21,22);1H2. The number of aromatic carboxylic acids is 1. The van der Waals surface area contributed by atoms with Crippen molar-refractivity contribution in [2.75, 3.05) is 52.2 Å².